The molecule has 7 heteroatoms. The van der Waals surface area contributed by atoms with Gasteiger partial charge in [0.15, 0.2) is 0 Å². The summed E-state index contributed by atoms with van der Waals surface area (Å²) >= 11 is -1.32. The standard InChI is InChI=1S/C40H58IO6/c1-35-17-15-31(42)33(29(35)9-7-23-25(35)11-19-37(3)27(23)13-21-39(37,5)44)46-41-47-34-30-10-8-24-26(36(30,2)18-16-32(34)43)12-20-38(4)28(24)14-22-40(38,6)45/h23-28,44-45H,7-22H2,1-6H3/q-1. The van der Waals surface area contributed by atoms with E-state index in [1.165, 1.54) is 11.1 Å². The third kappa shape index (κ3) is 4.45. The monoisotopic (exact) mass is 761 g/mol. The second-order valence-corrected chi connectivity index (χ2v) is 20.1. The van der Waals surface area contributed by atoms with Gasteiger partial charge in [-0.2, -0.15) is 0 Å². The molecule has 0 aromatic heterocycles. The topological polar surface area (TPSA) is 93.1 Å². The molecule has 12 atom stereocenters. The fraction of sp³-hybridized carbons (Fsp3) is 0.850. The number of ketones is 2. The Hall–Kier alpha value is -0.930. The number of carbonyl (C=O) groups excluding carboxylic acids is 2. The summed E-state index contributed by atoms with van der Waals surface area (Å²) in [6, 6.07) is 0. The molecule has 0 aromatic rings. The third-order valence-corrected chi connectivity index (χ3v) is 18.7. The van der Waals surface area contributed by atoms with Gasteiger partial charge in [-0.05, 0) is 0 Å². The minimum absolute atomic E-state index is 0.0161. The summed E-state index contributed by atoms with van der Waals surface area (Å²) in [6.07, 6.45) is 15.0. The zero-order valence-electron chi connectivity index (χ0n) is 29.7. The van der Waals surface area contributed by atoms with Gasteiger partial charge in [0.2, 0.25) is 0 Å². The Kier molecular flexibility index (Phi) is 7.63. The molecular weight excluding hydrogens is 703 g/mol. The number of allylic oxidation sites excluding steroid dienone is 2. The fourth-order valence-corrected chi connectivity index (χ4v) is 15.5. The average Bonchev–Trinajstić information content (AvgIpc) is 3.42. The molecule has 6 fully saturated rings. The molecule has 0 spiro atoms. The van der Waals surface area contributed by atoms with Crippen LogP contribution < -0.4 is 22.0 Å². The molecule has 0 amide bonds. The van der Waals surface area contributed by atoms with E-state index >= 15 is 0 Å². The molecule has 2 N–H and O–H groups in total. The number of rotatable bonds is 4. The number of carbonyl (C=O) groups is 2. The van der Waals surface area contributed by atoms with Crippen LogP contribution in [-0.4, -0.2) is 33.0 Å². The number of fused-ring (bicyclic) bond motifs is 10. The van der Waals surface area contributed by atoms with Crippen LogP contribution in [0.25, 0.3) is 0 Å². The van der Waals surface area contributed by atoms with Crippen LogP contribution in [0.5, 0.6) is 0 Å². The van der Waals surface area contributed by atoms with E-state index in [4.69, 9.17) is 6.13 Å². The number of halogens is 1. The molecule has 47 heavy (non-hydrogen) atoms. The molecule has 0 radical (unpaired) electrons. The van der Waals surface area contributed by atoms with Crippen LogP contribution in [0.1, 0.15) is 144 Å². The van der Waals surface area contributed by atoms with Crippen LogP contribution in [0.4, 0.5) is 0 Å². The van der Waals surface area contributed by atoms with Crippen molar-refractivity contribution in [2.24, 2.45) is 57.2 Å². The number of hydrogen-bond acceptors (Lipinski definition) is 6. The van der Waals surface area contributed by atoms with E-state index in [0.717, 1.165) is 89.9 Å². The second-order valence-electron chi connectivity index (χ2n) is 18.9. The number of aliphatic hydroxyl groups is 2. The maximum atomic E-state index is 13.5. The first-order valence-corrected chi connectivity index (χ1v) is 20.8. The maximum absolute atomic E-state index is 13.5. The first-order chi connectivity index (χ1) is 22.1. The van der Waals surface area contributed by atoms with Crippen molar-refractivity contribution in [2.75, 3.05) is 0 Å². The molecule has 0 bridgehead atoms. The molecular formula is C40H58IO6-. The Balaban J connectivity index is 1.02. The Morgan fingerprint density at radius 3 is 1.32 bits per heavy atom. The van der Waals surface area contributed by atoms with Crippen LogP contribution >= 0.6 is 0 Å². The van der Waals surface area contributed by atoms with Gasteiger partial charge in [-0.3, -0.25) is 0 Å². The summed E-state index contributed by atoms with van der Waals surface area (Å²) in [5.41, 5.74) is 1.11. The zero-order valence-corrected chi connectivity index (χ0v) is 31.8. The predicted molar refractivity (Wildman–Crippen MR) is 175 cm³/mol. The van der Waals surface area contributed by atoms with Crippen molar-refractivity contribution in [1.29, 1.82) is 0 Å². The van der Waals surface area contributed by atoms with Crippen LogP contribution in [0.15, 0.2) is 22.7 Å². The zero-order chi connectivity index (χ0) is 33.4. The van der Waals surface area contributed by atoms with Gasteiger partial charge in [0.25, 0.3) is 0 Å². The van der Waals surface area contributed by atoms with Crippen molar-refractivity contribution in [3.05, 3.63) is 22.7 Å². The van der Waals surface area contributed by atoms with Crippen molar-refractivity contribution in [1.82, 2.24) is 0 Å². The molecule has 0 saturated heterocycles. The van der Waals surface area contributed by atoms with Crippen molar-refractivity contribution >= 4 is 11.6 Å². The average molecular weight is 762 g/mol. The molecule has 8 rings (SSSR count). The van der Waals surface area contributed by atoms with Crippen molar-refractivity contribution in [3.8, 4) is 0 Å². The Morgan fingerprint density at radius 2 is 0.915 bits per heavy atom. The first-order valence-electron chi connectivity index (χ1n) is 19.0. The van der Waals surface area contributed by atoms with Crippen molar-refractivity contribution in [2.45, 2.75) is 155 Å². The number of hydrogen-bond donors (Lipinski definition) is 2. The van der Waals surface area contributed by atoms with E-state index in [-0.39, 0.29) is 33.2 Å². The van der Waals surface area contributed by atoms with Gasteiger partial charge >= 0.3 is 295 Å². The molecule has 6 saturated carbocycles. The summed E-state index contributed by atoms with van der Waals surface area (Å²) < 4.78 is 13.0. The summed E-state index contributed by atoms with van der Waals surface area (Å²) in [6.45, 7) is 13.6. The summed E-state index contributed by atoms with van der Waals surface area (Å²) in [5.74, 6) is 4.66. The van der Waals surface area contributed by atoms with Crippen LogP contribution in [0.2, 0.25) is 0 Å². The molecule has 6 nitrogen and oxygen atoms in total. The molecule has 8 aliphatic rings. The van der Waals surface area contributed by atoms with E-state index in [2.05, 4.69) is 41.5 Å². The second kappa shape index (κ2) is 10.8. The van der Waals surface area contributed by atoms with Crippen molar-refractivity contribution in [3.63, 3.8) is 0 Å². The first kappa shape index (κ1) is 33.2. The van der Waals surface area contributed by atoms with Crippen LogP contribution in [-0.2, 0) is 15.7 Å². The SMILES string of the molecule is CC12CCC(=O)C(O[I-]OC3=C4CCC5C(CCC6(C)C5CCC6(C)O)C4(C)CCC3=O)=C1CCC1C2CCC2(C)C1CCC2(C)O. The summed E-state index contributed by atoms with van der Waals surface area (Å²) in [4.78, 5) is 26.9. The molecule has 12 unspecified atom stereocenters. The quantitative estimate of drug-likeness (QED) is 0.385. The molecule has 0 aliphatic heterocycles. The van der Waals surface area contributed by atoms with Crippen LogP contribution in [0.3, 0.4) is 0 Å². The van der Waals surface area contributed by atoms with Gasteiger partial charge in [0.1, 0.15) is 0 Å². The Labute approximate surface area is 293 Å². The summed E-state index contributed by atoms with van der Waals surface area (Å²) in [5, 5.41) is 22.7. The van der Waals surface area contributed by atoms with E-state index in [9.17, 15) is 19.8 Å². The Morgan fingerprint density at radius 1 is 0.532 bits per heavy atom. The minimum atomic E-state index is -1.32. The predicted octanol–water partition coefficient (Wildman–Crippen LogP) is 5.16. The van der Waals surface area contributed by atoms with Gasteiger partial charge in [0, 0.05) is 0 Å². The van der Waals surface area contributed by atoms with E-state index in [1.807, 2.05) is 0 Å². The molecule has 0 aromatic carbocycles. The van der Waals surface area contributed by atoms with Gasteiger partial charge in [-0.15, -0.1) is 0 Å². The third-order valence-electron chi connectivity index (χ3n) is 17.5. The molecule has 8 aliphatic carbocycles. The molecule has 0 heterocycles. The summed E-state index contributed by atoms with van der Waals surface area (Å²) in [7, 11) is 0. The van der Waals surface area contributed by atoms with E-state index < -0.39 is 33.2 Å². The Bertz CT molecular complexity index is 1340. The van der Waals surface area contributed by atoms with Crippen LogP contribution in [0, 0.1) is 57.2 Å². The van der Waals surface area contributed by atoms with Gasteiger partial charge < -0.3 is 0 Å². The van der Waals surface area contributed by atoms with E-state index in [1.54, 1.807) is 0 Å². The fourth-order valence-electron chi connectivity index (χ4n) is 14.1. The molecule has 262 valence electrons. The van der Waals surface area contributed by atoms with Gasteiger partial charge in [0.05, 0.1) is 0 Å². The van der Waals surface area contributed by atoms with E-state index in [0.29, 0.717) is 59.9 Å². The van der Waals surface area contributed by atoms with Gasteiger partial charge in [-0.1, -0.05) is 0 Å². The number of Topliss-reactive ketones (excluding diaryl/α,β-unsaturated/α-hetero) is 2. The van der Waals surface area contributed by atoms with Crippen molar-refractivity contribution < 1.29 is 48.0 Å². The normalized spacial score (nSPS) is 52.3. The van der Waals surface area contributed by atoms with Gasteiger partial charge in [-0.25, -0.2) is 0 Å².